The number of hydrogen-bond acceptors (Lipinski definition) is 4. The summed E-state index contributed by atoms with van der Waals surface area (Å²) < 4.78 is 34.4. The number of fused-ring (bicyclic) bond motifs is 1. The van der Waals surface area contributed by atoms with Gasteiger partial charge in [-0.05, 0) is 18.2 Å². The van der Waals surface area contributed by atoms with Crippen LogP contribution in [0.15, 0.2) is 47.5 Å². The molecule has 1 aliphatic heterocycles. The van der Waals surface area contributed by atoms with E-state index in [-0.39, 0.29) is 5.92 Å². The highest BCUT2D eigenvalue weighted by Gasteiger charge is 2.31. The second-order valence-corrected chi connectivity index (χ2v) is 7.37. The fraction of sp³-hybridized carbons (Fsp3) is 0.400. The molecule has 1 aromatic carbocycles. The van der Waals surface area contributed by atoms with Gasteiger partial charge in [0.15, 0.2) is 0 Å². The van der Waals surface area contributed by atoms with Crippen molar-refractivity contribution < 1.29 is 13.2 Å². The van der Waals surface area contributed by atoms with E-state index in [4.69, 9.17) is 4.74 Å². The first kappa shape index (κ1) is 15.2. The summed E-state index contributed by atoms with van der Waals surface area (Å²) in [5.74, 6) is 0.0737. The van der Waals surface area contributed by atoms with E-state index in [1.165, 1.54) is 4.31 Å². The minimum Gasteiger partial charge on any atom is -0.384 e. The van der Waals surface area contributed by atoms with Crippen molar-refractivity contribution in [2.75, 3.05) is 20.3 Å². The Morgan fingerprint density at radius 1 is 1.23 bits per heavy atom. The van der Waals surface area contributed by atoms with Crippen molar-refractivity contribution in [2.24, 2.45) is 5.92 Å². The monoisotopic (exact) mass is 321 g/mol. The molecule has 0 amide bonds. The number of hydrogen-bond donors (Lipinski definition) is 0. The molecule has 118 valence electrons. The van der Waals surface area contributed by atoms with E-state index in [9.17, 15) is 8.42 Å². The van der Waals surface area contributed by atoms with Crippen molar-refractivity contribution in [3.63, 3.8) is 0 Å². The van der Waals surface area contributed by atoms with E-state index in [0.29, 0.717) is 31.1 Å². The van der Waals surface area contributed by atoms with Gasteiger partial charge in [-0.3, -0.25) is 4.68 Å². The number of aromatic nitrogens is 2. The lowest BCUT2D eigenvalue weighted by atomic mass is 10.1. The summed E-state index contributed by atoms with van der Waals surface area (Å²) in [6.07, 6.45) is 1.71. The van der Waals surface area contributed by atoms with Crippen LogP contribution in [0.1, 0.15) is 5.69 Å². The van der Waals surface area contributed by atoms with Crippen LogP contribution in [0.3, 0.4) is 0 Å². The Morgan fingerprint density at radius 3 is 2.73 bits per heavy atom. The van der Waals surface area contributed by atoms with Gasteiger partial charge in [-0.15, -0.1) is 0 Å². The molecule has 7 heteroatoms. The Bertz CT molecular complexity index is 728. The van der Waals surface area contributed by atoms with E-state index in [2.05, 4.69) is 5.10 Å². The highest BCUT2D eigenvalue weighted by atomic mass is 32.2. The number of ether oxygens (including phenoxy) is 1. The van der Waals surface area contributed by atoms with Crippen molar-refractivity contribution in [3.8, 4) is 0 Å². The average molecular weight is 321 g/mol. The molecule has 1 unspecified atom stereocenters. The van der Waals surface area contributed by atoms with Gasteiger partial charge < -0.3 is 4.74 Å². The van der Waals surface area contributed by atoms with Crippen LogP contribution in [0.25, 0.3) is 0 Å². The van der Waals surface area contributed by atoms with E-state index < -0.39 is 10.0 Å². The topological polar surface area (TPSA) is 64.4 Å². The number of sulfonamides is 1. The molecule has 2 aromatic rings. The first-order chi connectivity index (χ1) is 10.6. The van der Waals surface area contributed by atoms with E-state index >= 15 is 0 Å². The Morgan fingerprint density at radius 2 is 2.00 bits per heavy atom. The predicted molar refractivity (Wildman–Crippen MR) is 81.6 cm³/mol. The van der Waals surface area contributed by atoms with E-state index in [0.717, 1.165) is 5.69 Å². The van der Waals surface area contributed by atoms with Crippen LogP contribution < -0.4 is 0 Å². The predicted octanol–water partition coefficient (Wildman–Crippen LogP) is 1.35. The van der Waals surface area contributed by atoms with Gasteiger partial charge in [0.2, 0.25) is 10.0 Å². The second kappa shape index (κ2) is 6.20. The van der Waals surface area contributed by atoms with Crippen molar-refractivity contribution in [2.45, 2.75) is 18.0 Å². The molecule has 0 saturated heterocycles. The zero-order valence-corrected chi connectivity index (χ0v) is 13.2. The number of methoxy groups -OCH3 is 1. The Balaban J connectivity index is 1.95. The van der Waals surface area contributed by atoms with Gasteiger partial charge in [-0.1, -0.05) is 18.2 Å². The lowest BCUT2D eigenvalue weighted by molar-refractivity contribution is 0.133. The summed E-state index contributed by atoms with van der Waals surface area (Å²) in [5.41, 5.74) is 0.901. The fourth-order valence-corrected chi connectivity index (χ4v) is 4.27. The van der Waals surface area contributed by atoms with Crippen LogP contribution in [-0.2, 0) is 27.8 Å². The Labute approximate surface area is 130 Å². The third-order valence-corrected chi connectivity index (χ3v) is 5.65. The van der Waals surface area contributed by atoms with Gasteiger partial charge in [0.25, 0.3) is 0 Å². The van der Waals surface area contributed by atoms with Crippen molar-refractivity contribution in [1.29, 1.82) is 0 Å². The van der Waals surface area contributed by atoms with Crippen LogP contribution >= 0.6 is 0 Å². The zero-order chi connectivity index (χ0) is 15.6. The van der Waals surface area contributed by atoms with E-state index in [1.54, 1.807) is 37.6 Å². The van der Waals surface area contributed by atoms with Crippen LogP contribution in [-0.4, -0.2) is 42.8 Å². The van der Waals surface area contributed by atoms with Gasteiger partial charge in [-0.25, -0.2) is 8.42 Å². The zero-order valence-electron chi connectivity index (χ0n) is 12.4. The van der Waals surface area contributed by atoms with Crippen LogP contribution in [0, 0.1) is 5.92 Å². The summed E-state index contributed by atoms with van der Waals surface area (Å²) in [7, 11) is -1.89. The first-order valence-corrected chi connectivity index (χ1v) is 8.60. The Hall–Kier alpha value is -1.70. The van der Waals surface area contributed by atoms with Gasteiger partial charge in [0.1, 0.15) is 0 Å². The molecule has 2 heterocycles. The third-order valence-electron chi connectivity index (χ3n) is 3.82. The molecule has 0 saturated carbocycles. The molecule has 1 atom stereocenters. The molecule has 1 aromatic heterocycles. The summed E-state index contributed by atoms with van der Waals surface area (Å²) >= 11 is 0. The number of rotatable bonds is 4. The maximum atomic E-state index is 12.9. The average Bonchev–Trinajstić information content (AvgIpc) is 2.87. The van der Waals surface area contributed by atoms with Gasteiger partial charge in [-0.2, -0.15) is 9.40 Å². The maximum Gasteiger partial charge on any atom is 0.243 e. The molecule has 3 rings (SSSR count). The molecule has 0 fully saturated rings. The normalized spacial score (nSPS) is 19.6. The van der Waals surface area contributed by atoms with Crippen molar-refractivity contribution in [1.82, 2.24) is 14.1 Å². The smallest absolute Gasteiger partial charge is 0.243 e. The van der Waals surface area contributed by atoms with Gasteiger partial charge in [0.05, 0.1) is 23.7 Å². The first-order valence-electron chi connectivity index (χ1n) is 7.16. The maximum absolute atomic E-state index is 12.9. The van der Waals surface area contributed by atoms with Crippen molar-refractivity contribution in [3.05, 3.63) is 48.3 Å². The largest absolute Gasteiger partial charge is 0.384 e. The molecule has 0 aliphatic carbocycles. The summed E-state index contributed by atoms with van der Waals surface area (Å²) in [6, 6.07) is 10.4. The standard InChI is InChI=1S/C15H19N3O3S/c1-21-12-13-9-17(11-14-7-8-16-18(14)10-13)22(19,20)15-5-3-2-4-6-15/h2-8,13H,9-12H2,1H3. The lowest BCUT2D eigenvalue weighted by Gasteiger charge is -2.23. The number of benzene rings is 1. The quantitative estimate of drug-likeness (QED) is 0.853. The minimum absolute atomic E-state index is 0.0737. The van der Waals surface area contributed by atoms with Gasteiger partial charge in [0, 0.05) is 32.3 Å². The number of nitrogens with zero attached hydrogens (tertiary/aromatic N) is 3. The van der Waals surface area contributed by atoms with Gasteiger partial charge >= 0.3 is 0 Å². The van der Waals surface area contributed by atoms with Crippen LogP contribution in [0.4, 0.5) is 0 Å². The third kappa shape index (κ3) is 2.92. The SMILES string of the molecule is COCC1CN(S(=O)(=O)c2ccccc2)Cc2ccnn2C1. The summed E-state index contributed by atoms with van der Waals surface area (Å²) in [6.45, 7) is 1.92. The summed E-state index contributed by atoms with van der Waals surface area (Å²) in [5, 5.41) is 4.28. The molecule has 1 aliphatic rings. The van der Waals surface area contributed by atoms with Crippen molar-refractivity contribution >= 4 is 10.0 Å². The molecule has 0 N–H and O–H groups in total. The lowest BCUT2D eigenvalue weighted by Crippen LogP contribution is -2.35. The minimum atomic E-state index is -3.52. The fourth-order valence-electron chi connectivity index (χ4n) is 2.76. The highest BCUT2D eigenvalue weighted by molar-refractivity contribution is 7.89. The molecule has 0 bridgehead atoms. The Kier molecular flexibility index (Phi) is 4.28. The molecular formula is C15H19N3O3S. The van der Waals surface area contributed by atoms with E-state index in [1.807, 2.05) is 16.8 Å². The highest BCUT2D eigenvalue weighted by Crippen LogP contribution is 2.23. The molecule has 22 heavy (non-hydrogen) atoms. The molecule has 0 spiro atoms. The summed E-state index contributed by atoms with van der Waals surface area (Å²) in [4.78, 5) is 0.319. The van der Waals surface area contributed by atoms with Crippen LogP contribution in [0.5, 0.6) is 0 Å². The second-order valence-electron chi connectivity index (χ2n) is 5.44. The molecular weight excluding hydrogens is 302 g/mol. The van der Waals surface area contributed by atoms with Crippen LogP contribution in [0.2, 0.25) is 0 Å². The molecule has 6 nitrogen and oxygen atoms in total. The molecule has 0 radical (unpaired) electrons.